The van der Waals surface area contributed by atoms with Gasteiger partial charge in [0.15, 0.2) is 0 Å². The van der Waals surface area contributed by atoms with Crippen LogP contribution >= 0.6 is 0 Å². The van der Waals surface area contributed by atoms with Gasteiger partial charge in [0.25, 0.3) is 0 Å². The van der Waals surface area contributed by atoms with E-state index in [0.29, 0.717) is 0 Å². The molecule has 0 aliphatic heterocycles. The van der Waals surface area contributed by atoms with Gasteiger partial charge in [-0.15, -0.1) is 0 Å². The molecule has 0 aliphatic rings. The van der Waals surface area contributed by atoms with E-state index in [0.717, 1.165) is 0 Å². The van der Waals surface area contributed by atoms with Crippen LogP contribution in [0.4, 0.5) is 0 Å². The van der Waals surface area contributed by atoms with Gasteiger partial charge in [-0.1, -0.05) is 163 Å². The van der Waals surface area contributed by atoms with E-state index >= 15 is 0 Å². The average Bonchev–Trinajstić information content (AvgIpc) is 4.08. The van der Waals surface area contributed by atoms with Gasteiger partial charge in [-0.3, -0.25) is 0 Å². The standard InChI is InChI=1S/C49H32O/c1-31-24-26-38-33(28-31)15-10-21-37(38)34-14-9-16-35(29-34)47-41-17-5-7-19-43(41)48(44-20-8-6-18-42(44)47)36-25-27-40-45-23-11-22-39(32-12-3-2-4-13-32)49(45)50-46(40)30-36/h2-30H,1H3/i2D,3D,4D,5D,6D,7D,8D,9D,10D,11D,12D,13D,14D,15D,16D,17D,18D,19D,20D,21D,22D,23D,24D,25D,26D,27D,28D,29D,30D. The lowest BCUT2D eigenvalue weighted by Crippen LogP contribution is -1.91. The highest BCUT2D eigenvalue weighted by Crippen LogP contribution is 2.46. The van der Waals surface area contributed by atoms with Crippen LogP contribution in [0.15, 0.2) is 180 Å². The number of hydrogen-bond donors (Lipinski definition) is 0. The van der Waals surface area contributed by atoms with E-state index in [1.807, 2.05) is 0 Å². The Balaban J connectivity index is 1.47. The van der Waals surface area contributed by atoms with Crippen LogP contribution in [-0.4, -0.2) is 0 Å². The third kappa shape index (κ3) is 4.48. The van der Waals surface area contributed by atoms with Crippen molar-refractivity contribution >= 4 is 54.3 Å². The number of para-hydroxylation sites is 1. The molecule has 0 fully saturated rings. The second-order valence-corrected chi connectivity index (χ2v) is 11.0. The van der Waals surface area contributed by atoms with E-state index in [9.17, 15) is 15.1 Å². The normalized spacial score (nSPS) is 19.8. The summed E-state index contributed by atoms with van der Waals surface area (Å²) in [6.45, 7) is 1.30. The lowest BCUT2D eigenvalue weighted by atomic mass is 9.85. The van der Waals surface area contributed by atoms with Crippen LogP contribution in [0.2, 0.25) is 0 Å². The Morgan fingerprint density at radius 1 is 0.380 bits per heavy atom. The van der Waals surface area contributed by atoms with E-state index in [4.69, 9.17) is 29.1 Å². The van der Waals surface area contributed by atoms with Crippen molar-refractivity contribution in [3.05, 3.63) is 181 Å². The highest BCUT2D eigenvalue weighted by atomic mass is 16.3. The fourth-order valence-electron chi connectivity index (χ4n) is 6.00. The highest BCUT2D eigenvalue weighted by Gasteiger charge is 2.19. The van der Waals surface area contributed by atoms with Crippen LogP contribution in [0.5, 0.6) is 0 Å². The topological polar surface area (TPSA) is 13.1 Å². The maximum atomic E-state index is 9.90. The van der Waals surface area contributed by atoms with Crippen molar-refractivity contribution in [2.75, 3.05) is 0 Å². The first-order valence-electron chi connectivity index (χ1n) is 29.4. The minimum Gasteiger partial charge on any atom is -0.455 e. The second kappa shape index (κ2) is 11.3. The van der Waals surface area contributed by atoms with Gasteiger partial charge in [-0.25, -0.2) is 0 Å². The Morgan fingerprint density at radius 3 is 1.68 bits per heavy atom. The Kier molecular flexibility index (Phi) is 2.69. The van der Waals surface area contributed by atoms with Crippen LogP contribution in [0.25, 0.3) is 98.8 Å². The molecular formula is C49H32O. The molecule has 0 amide bonds. The minimum atomic E-state index is -1.07. The lowest BCUT2D eigenvalue weighted by Gasteiger charge is -2.18. The van der Waals surface area contributed by atoms with Crippen molar-refractivity contribution in [2.45, 2.75) is 6.92 Å². The molecule has 1 heterocycles. The number of benzene rings is 9. The van der Waals surface area contributed by atoms with Crippen LogP contribution in [0.3, 0.4) is 0 Å². The molecule has 0 aliphatic carbocycles. The molecule has 0 unspecified atom stereocenters. The summed E-state index contributed by atoms with van der Waals surface area (Å²) in [7, 11) is 0. The Bertz CT molecular complexity index is 4480. The summed E-state index contributed by atoms with van der Waals surface area (Å²) in [4.78, 5) is 0. The zero-order valence-corrected chi connectivity index (χ0v) is 25.4. The van der Waals surface area contributed by atoms with Crippen LogP contribution < -0.4 is 0 Å². The summed E-state index contributed by atoms with van der Waals surface area (Å²) < 4.78 is 269. The zero-order valence-electron chi connectivity index (χ0n) is 54.4. The van der Waals surface area contributed by atoms with Crippen LogP contribution in [0, 0.1) is 6.92 Å². The molecule has 1 heteroatoms. The summed E-state index contributed by atoms with van der Waals surface area (Å²) in [5.41, 5.74) is -7.59. The number of hydrogen-bond acceptors (Lipinski definition) is 1. The predicted octanol–water partition coefficient (Wildman–Crippen LogP) is 14.0. The quantitative estimate of drug-likeness (QED) is 0.171. The van der Waals surface area contributed by atoms with Gasteiger partial charge in [0.05, 0.1) is 39.8 Å². The van der Waals surface area contributed by atoms with Gasteiger partial charge in [0.2, 0.25) is 0 Å². The molecule has 10 rings (SSSR count). The van der Waals surface area contributed by atoms with Crippen molar-refractivity contribution in [3.8, 4) is 44.5 Å². The third-order valence-electron chi connectivity index (χ3n) is 8.12. The van der Waals surface area contributed by atoms with E-state index in [1.165, 1.54) is 6.92 Å². The summed E-state index contributed by atoms with van der Waals surface area (Å²) >= 11 is 0. The smallest absolute Gasteiger partial charge is 0.143 e. The average molecular weight is 666 g/mol. The predicted molar refractivity (Wildman–Crippen MR) is 213 cm³/mol. The molecule has 0 saturated heterocycles. The fraction of sp³-hybridized carbons (Fsp3) is 0.0204. The summed E-state index contributed by atoms with van der Waals surface area (Å²) in [5.74, 6) is 0. The van der Waals surface area contributed by atoms with Crippen LogP contribution in [-0.2, 0) is 0 Å². The molecule has 0 bridgehead atoms. The van der Waals surface area contributed by atoms with Gasteiger partial charge < -0.3 is 4.42 Å². The molecule has 234 valence electrons. The van der Waals surface area contributed by atoms with Gasteiger partial charge in [0, 0.05) is 16.3 Å². The summed E-state index contributed by atoms with van der Waals surface area (Å²) in [5, 5.41) is -5.20. The first-order valence-corrected chi connectivity index (χ1v) is 14.9. The highest BCUT2D eigenvalue weighted by molar-refractivity contribution is 6.22. The molecule has 10 aromatic rings. The SMILES string of the molecule is [2H]c1c([2H])c([2H])c(-c2c([2H])c([2H])c([2H])c3c2oc2c([2H])c(-c4c5c([2H])c([2H])c([2H])c([2H])c5c(-c5c([2H])c([2H])c([2H])c(-c6c([2H])c([2H])c([2H])c7c([2H])c(C)c([2H])c([2H])c67)c5[2H])c5c([2H])c([2H])c([2H])c([2H])c45)c([2H])c([2H])c23)c([2H])c1[2H]. The molecule has 0 spiro atoms. The van der Waals surface area contributed by atoms with Crippen molar-refractivity contribution in [2.24, 2.45) is 0 Å². The monoisotopic (exact) mass is 665 g/mol. The lowest BCUT2D eigenvalue weighted by molar-refractivity contribution is 0.670. The molecule has 0 N–H and O–H groups in total. The van der Waals surface area contributed by atoms with Gasteiger partial charge in [0.1, 0.15) is 11.2 Å². The Labute approximate surface area is 331 Å². The molecule has 50 heavy (non-hydrogen) atoms. The van der Waals surface area contributed by atoms with Gasteiger partial charge in [-0.05, 0) is 96.3 Å². The molecule has 0 atom stereocenters. The van der Waals surface area contributed by atoms with Gasteiger partial charge in [-0.2, -0.15) is 0 Å². The maximum Gasteiger partial charge on any atom is 0.143 e. The fourth-order valence-corrected chi connectivity index (χ4v) is 6.00. The summed E-state index contributed by atoms with van der Waals surface area (Å²) in [6.07, 6.45) is 0. The number of rotatable bonds is 4. The Morgan fingerprint density at radius 2 is 0.940 bits per heavy atom. The zero-order chi connectivity index (χ0) is 58.4. The molecule has 1 aromatic heterocycles. The molecule has 0 saturated carbocycles. The van der Waals surface area contributed by atoms with E-state index in [2.05, 4.69) is 0 Å². The first-order chi connectivity index (χ1) is 36.8. The second-order valence-electron chi connectivity index (χ2n) is 11.0. The van der Waals surface area contributed by atoms with Crippen molar-refractivity contribution in [1.29, 1.82) is 0 Å². The van der Waals surface area contributed by atoms with Crippen molar-refractivity contribution in [1.82, 2.24) is 0 Å². The summed E-state index contributed by atoms with van der Waals surface area (Å²) in [6, 6.07) is -26.6. The largest absolute Gasteiger partial charge is 0.455 e. The molecule has 0 radical (unpaired) electrons. The van der Waals surface area contributed by atoms with E-state index < -0.39 is 274 Å². The van der Waals surface area contributed by atoms with E-state index in [-0.39, 0.29) is 5.56 Å². The maximum absolute atomic E-state index is 9.90. The minimum absolute atomic E-state index is 0.108. The van der Waals surface area contributed by atoms with Gasteiger partial charge >= 0.3 is 0 Å². The molecule has 9 aromatic carbocycles. The Hall–Kier alpha value is -6.44. The van der Waals surface area contributed by atoms with Crippen molar-refractivity contribution < 1.29 is 44.2 Å². The van der Waals surface area contributed by atoms with Crippen LogP contribution in [0.1, 0.15) is 45.3 Å². The third-order valence-corrected chi connectivity index (χ3v) is 8.12. The van der Waals surface area contributed by atoms with Crippen molar-refractivity contribution in [3.63, 3.8) is 0 Å². The number of fused-ring (bicyclic) bond motifs is 6. The van der Waals surface area contributed by atoms with E-state index in [1.54, 1.807) is 0 Å². The first kappa shape index (κ1) is 11.9. The number of furan rings is 1. The molecule has 1 nitrogen and oxygen atoms in total. The molecular weight excluding hydrogens is 605 g/mol.